The Labute approximate surface area is 90.2 Å². The second-order valence-corrected chi connectivity index (χ2v) is 4.18. The zero-order valence-electron chi connectivity index (χ0n) is 9.46. The second-order valence-electron chi connectivity index (χ2n) is 4.18. The van der Waals surface area contributed by atoms with Crippen molar-refractivity contribution in [2.75, 3.05) is 14.2 Å². The van der Waals surface area contributed by atoms with Crippen LogP contribution in [-0.4, -0.2) is 14.2 Å². The van der Waals surface area contributed by atoms with Gasteiger partial charge in [-0.25, -0.2) is 0 Å². The minimum atomic E-state index is -0.190. The third-order valence-corrected chi connectivity index (χ3v) is 3.01. The highest BCUT2D eigenvalue weighted by molar-refractivity contribution is 5.51. The molecule has 1 saturated carbocycles. The van der Waals surface area contributed by atoms with Crippen LogP contribution in [0.5, 0.6) is 11.5 Å². The minimum absolute atomic E-state index is 0.190. The number of nitrogens with two attached hydrogens (primary N) is 1. The van der Waals surface area contributed by atoms with Gasteiger partial charge in [0.25, 0.3) is 0 Å². The number of rotatable bonds is 3. The van der Waals surface area contributed by atoms with Gasteiger partial charge in [-0.15, -0.1) is 0 Å². The number of hydrogen-bond acceptors (Lipinski definition) is 3. The SMILES string of the molecule is COc1cc(C)c(OC)c(C2(N)CC2)c1. The predicted octanol–water partition coefficient (Wildman–Crippen LogP) is 1.96. The molecule has 0 spiro atoms. The van der Waals surface area contributed by atoms with Gasteiger partial charge in [-0.05, 0) is 37.5 Å². The lowest BCUT2D eigenvalue weighted by molar-refractivity contribution is 0.391. The zero-order chi connectivity index (χ0) is 11.1. The molecule has 15 heavy (non-hydrogen) atoms. The van der Waals surface area contributed by atoms with Crippen molar-refractivity contribution in [1.29, 1.82) is 0 Å². The minimum Gasteiger partial charge on any atom is -0.497 e. The third kappa shape index (κ3) is 1.67. The molecule has 1 aliphatic rings. The maximum atomic E-state index is 6.20. The molecular formula is C12H17NO2. The van der Waals surface area contributed by atoms with E-state index >= 15 is 0 Å². The molecule has 2 N–H and O–H groups in total. The summed E-state index contributed by atoms with van der Waals surface area (Å²) in [6.45, 7) is 2.01. The molecule has 3 heteroatoms. The Bertz CT molecular complexity index is 383. The van der Waals surface area contributed by atoms with Crippen molar-refractivity contribution < 1.29 is 9.47 Å². The van der Waals surface area contributed by atoms with E-state index in [4.69, 9.17) is 15.2 Å². The van der Waals surface area contributed by atoms with E-state index in [1.54, 1.807) is 14.2 Å². The van der Waals surface area contributed by atoms with Crippen LogP contribution < -0.4 is 15.2 Å². The van der Waals surface area contributed by atoms with Crippen molar-refractivity contribution in [2.45, 2.75) is 25.3 Å². The van der Waals surface area contributed by atoms with Crippen molar-refractivity contribution in [3.63, 3.8) is 0 Å². The van der Waals surface area contributed by atoms with Gasteiger partial charge in [-0.3, -0.25) is 0 Å². The fourth-order valence-electron chi connectivity index (χ4n) is 1.90. The summed E-state index contributed by atoms with van der Waals surface area (Å²) >= 11 is 0. The lowest BCUT2D eigenvalue weighted by Crippen LogP contribution is -2.20. The van der Waals surface area contributed by atoms with Gasteiger partial charge in [-0.2, -0.15) is 0 Å². The summed E-state index contributed by atoms with van der Waals surface area (Å²) in [5.74, 6) is 1.75. The van der Waals surface area contributed by atoms with E-state index in [0.717, 1.165) is 35.5 Å². The summed E-state index contributed by atoms with van der Waals surface area (Å²) in [7, 11) is 3.35. The topological polar surface area (TPSA) is 44.5 Å². The van der Waals surface area contributed by atoms with Gasteiger partial charge in [0.05, 0.1) is 14.2 Å². The van der Waals surface area contributed by atoms with Gasteiger partial charge in [0, 0.05) is 11.1 Å². The summed E-state index contributed by atoms with van der Waals surface area (Å²) in [4.78, 5) is 0. The molecule has 0 heterocycles. The molecule has 1 aromatic carbocycles. The summed E-state index contributed by atoms with van der Waals surface area (Å²) in [6, 6.07) is 3.95. The third-order valence-electron chi connectivity index (χ3n) is 3.01. The number of aryl methyl sites for hydroxylation is 1. The number of benzene rings is 1. The molecule has 0 radical (unpaired) electrons. The van der Waals surface area contributed by atoms with Crippen molar-refractivity contribution >= 4 is 0 Å². The van der Waals surface area contributed by atoms with Crippen molar-refractivity contribution in [3.8, 4) is 11.5 Å². The molecule has 3 nitrogen and oxygen atoms in total. The first-order chi connectivity index (χ1) is 7.10. The standard InChI is InChI=1S/C12H17NO2/c1-8-6-9(14-2)7-10(11(8)15-3)12(13)4-5-12/h6-7H,4-5,13H2,1-3H3. The van der Waals surface area contributed by atoms with Crippen LogP contribution in [0.15, 0.2) is 12.1 Å². The number of ether oxygens (including phenoxy) is 2. The van der Waals surface area contributed by atoms with Crippen LogP contribution in [0.25, 0.3) is 0 Å². The van der Waals surface area contributed by atoms with Gasteiger partial charge >= 0.3 is 0 Å². The molecule has 82 valence electrons. The molecule has 0 aliphatic heterocycles. The monoisotopic (exact) mass is 207 g/mol. The molecular weight excluding hydrogens is 190 g/mol. The first-order valence-corrected chi connectivity index (χ1v) is 5.13. The van der Waals surface area contributed by atoms with Crippen LogP contribution in [0.2, 0.25) is 0 Å². The lowest BCUT2D eigenvalue weighted by Gasteiger charge is -2.17. The summed E-state index contributed by atoms with van der Waals surface area (Å²) in [5, 5.41) is 0. The summed E-state index contributed by atoms with van der Waals surface area (Å²) in [5.41, 5.74) is 8.16. The van der Waals surface area contributed by atoms with E-state index in [1.807, 2.05) is 19.1 Å². The first kappa shape index (κ1) is 10.3. The van der Waals surface area contributed by atoms with E-state index in [2.05, 4.69) is 0 Å². The second kappa shape index (κ2) is 3.42. The van der Waals surface area contributed by atoms with Gasteiger partial charge in [-0.1, -0.05) is 0 Å². The van der Waals surface area contributed by atoms with Crippen LogP contribution in [0.1, 0.15) is 24.0 Å². The summed E-state index contributed by atoms with van der Waals surface area (Å²) < 4.78 is 10.7. The van der Waals surface area contributed by atoms with Gasteiger partial charge in [0.2, 0.25) is 0 Å². The highest BCUT2D eigenvalue weighted by Gasteiger charge is 2.42. The average molecular weight is 207 g/mol. The normalized spacial score (nSPS) is 17.3. The Kier molecular flexibility index (Phi) is 2.35. The first-order valence-electron chi connectivity index (χ1n) is 5.13. The van der Waals surface area contributed by atoms with Crippen LogP contribution in [-0.2, 0) is 5.54 Å². The Morgan fingerprint density at radius 3 is 2.33 bits per heavy atom. The Morgan fingerprint density at radius 2 is 1.87 bits per heavy atom. The van der Waals surface area contributed by atoms with Crippen molar-refractivity contribution in [1.82, 2.24) is 0 Å². The maximum absolute atomic E-state index is 6.20. The van der Waals surface area contributed by atoms with Gasteiger partial charge < -0.3 is 15.2 Å². The quantitative estimate of drug-likeness (QED) is 0.824. The molecule has 0 amide bonds. The zero-order valence-corrected chi connectivity index (χ0v) is 9.46. The summed E-state index contributed by atoms with van der Waals surface area (Å²) in [6.07, 6.45) is 2.05. The Hall–Kier alpha value is -1.22. The molecule has 1 aliphatic carbocycles. The van der Waals surface area contributed by atoms with E-state index in [9.17, 15) is 0 Å². The average Bonchev–Trinajstić information content (AvgIpc) is 2.96. The van der Waals surface area contributed by atoms with E-state index in [1.165, 1.54) is 0 Å². The van der Waals surface area contributed by atoms with Crippen LogP contribution in [0, 0.1) is 6.92 Å². The molecule has 2 rings (SSSR count). The number of methoxy groups -OCH3 is 2. The molecule has 0 unspecified atom stereocenters. The van der Waals surface area contributed by atoms with E-state index in [0.29, 0.717) is 0 Å². The maximum Gasteiger partial charge on any atom is 0.127 e. The molecule has 0 aromatic heterocycles. The largest absolute Gasteiger partial charge is 0.497 e. The fraction of sp³-hybridized carbons (Fsp3) is 0.500. The van der Waals surface area contributed by atoms with Crippen molar-refractivity contribution in [3.05, 3.63) is 23.3 Å². The van der Waals surface area contributed by atoms with Gasteiger partial charge in [0.15, 0.2) is 0 Å². The number of hydrogen-bond donors (Lipinski definition) is 1. The fourth-order valence-corrected chi connectivity index (χ4v) is 1.90. The van der Waals surface area contributed by atoms with Gasteiger partial charge in [0.1, 0.15) is 11.5 Å². The molecule has 1 aromatic rings. The molecule has 0 bridgehead atoms. The van der Waals surface area contributed by atoms with Crippen LogP contribution in [0.3, 0.4) is 0 Å². The highest BCUT2D eigenvalue weighted by Crippen LogP contribution is 2.48. The van der Waals surface area contributed by atoms with Crippen molar-refractivity contribution in [2.24, 2.45) is 5.73 Å². The van der Waals surface area contributed by atoms with Crippen LogP contribution in [0.4, 0.5) is 0 Å². The Balaban J connectivity index is 2.53. The predicted molar refractivity (Wildman–Crippen MR) is 59.4 cm³/mol. The lowest BCUT2D eigenvalue weighted by atomic mass is 10.0. The molecule has 0 saturated heterocycles. The Morgan fingerprint density at radius 1 is 1.20 bits per heavy atom. The molecule has 0 atom stereocenters. The smallest absolute Gasteiger partial charge is 0.127 e. The van der Waals surface area contributed by atoms with E-state index < -0.39 is 0 Å². The highest BCUT2D eigenvalue weighted by atomic mass is 16.5. The van der Waals surface area contributed by atoms with Crippen LogP contribution >= 0.6 is 0 Å². The van der Waals surface area contributed by atoms with E-state index in [-0.39, 0.29) is 5.54 Å². The molecule has 1 fully saturated rings.